The second kappa shape index (κ2) is 11.5. The van der Waals surface area contributed by atoms with Crippen molar-refractivity contribution in [2.75, 3.05) is 18.1 Å². The number of aliphatic carboxylic acids is 1. The molecule has 0 aromatic carbocycles. The molecule has 0 radical (unpaired) electrons. The van der Waals surface area contributed by atoms with Crippen LogP contribution in [0.3, 0.4) is 0 Å². The summed E-state index contributed by atoms with van der Waals surface area (Å²) in [5.41, 5.74) is 0.296. The van der Waals surface area contributed by atoms with E-state index in [-0.39, 0.29) is 28.8 Å². The lowest BCUT2D eigenvalue weighted by atomic mass is 10.0. The topological polar surface area (TPSA) is 191 Å². The van der Waals surface area contributed by atoms with E-state index in [1.807, 2.05) is 0 Å². The smallest absolute Gasteiger partial charge is 0.352 e. The van der Waals surface area contributed by atoms with Crippen molar-refractivity contribution < 1.29 is 29.1 Å². The van der Waals surface area contributed by atoms with Gasteiger partial charge in [-0.1, -0.05) is 6.07 Å². The monoisotopic (exact) mass is 561 g/mol. The highest BCUT2D eigenvalue weighted by molar-refractivity contribution is 8.01. The van der Waals surface area contributed by atoms with Crippen LogP contribution in [0.25, 0.3) is 0 Å². The molecule has 4 amide bonds. The van der Waals surface area contributed by atoms with Gasteiger partial charge in [0.1, 0.15) is 29.7 Å². The Kier molecular flexibility index (Phi) is 8.16. The minimum Gasteiger partial charge on any atom is -0.593 e. The number of carboxylic acid groups (broad SMARTS) is 1. The van der Waals surface area contributed by atoms with Crippen molar-refractivity contribution in [3.8, 4) is 6.07 Å². The van der Waals surface area contributed by atoms with Gasteiger partial charge in [0.05, 0.1) is 12.3 Å². The Balaban J connectivity index is 1.47. The fourth-order valence-electron chi connectivity index (χ4n) is 3.66. The molecule has 2 aromatic heterocycles. The number of nitrogens with one attached hydrogen (secondary N) is 3. The lowest BCUT2D eigenvalue weighted by molar-refractivity contribution is -0.706. The maximum absolute atomic E-state index is 13.1. The number of thioether (sulfide) groups is 2. The molecule has 0 aliphatic carbocycles. The minimum atomic E-state index is -1.28. The Morgan fingerprint density at radius 1 is 1.38 bits per heavy atom. The number of nitrogens with zero attached hydrogens (tertiary/aromatic N) is 4. The molecule has 2 aliphatic heterocycles. The summed E-state index contributed by atoms with van der Waals surface area (Å²) in [5.74, 6) is -2.08. The number of β-lactam (4-membered cyclic amide) rings is 1. The van der Waals surface area contributed by atoms with Crippen LogP contribution >= 0.6 is 34.9 Å². The van der Waals surface area contributed by atoms with Gasteiger partial charge in [-0.3, -0.25) is 14.5 Å². The van der Waals surface area contributed by atoms with Crippen LogP contribution in [0.1, 0.15) is 10.9 Å². The SMILES string of the molecule is N#CCNC(=O)NC(C(=O)N[C@H]1C(=O)N2C(C(=O)O)=C(CSc3cccn[n+]3[O-])CSC12)c1cccs1. The fraction of sp³-hybridized carbons (Fsp3) is 0.286. The van der Waals surface area contributed by atoms with Gasteiger partial charge in [0.25, 0.3) is 10.9 Å². The maximum Gasteiger partial charge on any atom is 0.352 e. The summed E-state index contributed by atoms with van der Waals surface area (Å²) >= 11 is 3.63. The van der Waals surface area contributed by atoms with Gasteiger partial charge >= 0.3 is 12.0 Å². The molecule has 13 nitrogen and oxygen atoms in total. The quantitative estimate of drug-likeness (QED) is 0.108. The third-order valence-electron chi connectivity index (χ3n) is 5.32. The van der Waals surface area contributed by atoms with Crippen LogP contribution in [0, 0.1) is 16.5 Å². The first-order chi connectivity index (χ1) is 17.8. The highest BCUT2D eigenvalue weighted by Crippen LogP contribution is 2.41. The molecule has 4 heterocycles. The Bertz CT molecular complexity index is 1300. The van der Waals surface area contributed by atoms with Crippen LogP contribution in [0.2, 0.25) is 0 Å². The predicted octanol–water partition coefficient (Wildman–Crippen LogP) is 0.171. The van der Waals surface area contributed by atoms with Gasteiger partial charge in [0, 0.05) is 27.5 Å². The second-order valence-electron chi connectivity index (χ2n) is 7.61. The number of urea groups is 1. The average Bonchev–Trinajstić information content (AvgIpc) is 3.42. The van der Waals surface area contributed by atoms with E-state index in [4.69, 9.17) is 5.26 Å². The highest BCUT2D eigenvalue weighted by atomic mass is 32.2. The zero-order valence-electron chi connectivity index (χ0n) is 18.8. The number of amides is 4. The van der Waals surface area contributed by atoms with Crippen LogP contribution in [0.5, 0.6) is 0 Å². The Morgan fingerprint density at radius 3 is 2.86 bits per heavy atom. The molecule has 37 heavy (non-hydrogen) atoms. The van der Waals surface area contributed by atoms with E-state index in [0.717, 1.165) is 16.7 Å². The van der Waals surface area contributed by atoms with Crippen LogP contribution in [0.4, 0.5) is 4.79 Å². The average molecular weight is 562 g/mol. The van der Waals surface area contributed by atoms with E-state index in [1.54, 1.807) is 35.7 Å². The molecular formula is C21H19N7O6S3. The Labute approximate surface area is 222 Å². The molecule has 1 fully saturated rings. The Morgan fingerprint density at radius 2 is 2.19 bits per heavy atom. The molecule has 1 saturated heterocycles. The van der Waals surface area contributed by atoms with Gasteiger partial charge in [0.2, 0.25) is 5.91 Å². The van der Waals surface area contributed by atoms with E-state index in [2.05, 4.69) is 21.0 Å². The van der Waals surface area contributed by atoms with Gasteiger partial charge < -0.3 is 26.3 Å². The zero-order chi connectivity index (χ0) is 26.5. The number of nitriles is 1. The summed E-state index contributed by atoms with van der Waals surface area (Å²) in [6.45, 7) is -0.250. The summed E-state index contributed by atoms with van der Waals surface area (Å²) < 4.78 is 0. The maximum atomic E-state index is 13.1. The highest BCUT2D eigenvalue weighted by Gasteiger charge is 2.54. The largest absolute Gasteiger partial charge is 0.593 e. The molecule has 2 unspecified atom stereocenters. The first-order valence-electron chi connectivity index (χ1n) is 10.6. The first kappa shape index (κ1) is 26.3. The normalized spacial score (nSPS) is 19.2. The van der Waals surface area contributed by atoms with Gasteiger partial charge in [-0.05, 0) is 39.7 Å². The summed E-state index contributed by atoms with van der Waals surface area (Å²) in [5, 5.41) is 42.7. The van der Waals surface area contributed by atoms with Crippen LogP contribution in [-0.2, 0) is 14.4 Å². The third kappa shape index (κ3) is 5.63. The van der Waals surface area contributed by atoms with Crippen molar-refractivity contribution in [1.29, 1.82) is 5.26 Å². The minimum absolute atomic E-state index is 0.165. The number of fused-ring (bicyclic) bond motifs is 1. The lowest BCUT2D eigenvalue weighted by Crippen LogP contribution is -2.71. The van der Waals surface area contributed by atoms with E-state index in [9.17, 15) is 29.5 Å². The number of thiophene rings is 1. The Hall–Kier alpha value is -3.81. The molecule has 3 atom stereocenters. The van der Waals surface area contributed by atoms with Gasteiger partial charge in [-0.25, -0.2) is 9.59 Å². The number of hydrogen-bond donors (Lipinski definition) is 4. The van der Waals surface area contributed by atoms with E-state index in [1.165, 1.54) is 29.3 Å². The molecule has 0 bridgehead atoms. The molecule has 0 spiro atoms. The molecule has 192 valence electrons. The van der Waals surface area contributed by atoms with E-state index in [0.29, 0.717) is 15.3 Å². The predicted molar refractivity (Wildman–Crippen MR) is 133 cm³/mol. The third-order valence-corrected chi connectivity index (χ3v) is 8.68. The first-order valence-corrected chi connectivity index (χ1v) is 13.6. The van der Waals surface area contributed by atoms with E-state index >= 15 is 0 Å². The zero-order valence-corrected chi connectivity index (χ0v) is 21.3. The van der Waals surface area contributed by atoms with Gasteiger partial charge in [-0.2, -0.15) is 5.26 Å². The molecule has 4 rings (SSSR count). The molecule has 4 N–H and O–H groups in total. The van der Waals surface area contributed by atoms with Crippen molar-refractivity contribution >= 4 is 58.7 Å². The van der Waals surface area contributed by atoms with Crippen molar-refractivity contribution in [3.63, 3.8) is 0 Å². The number of rotatable bonds is 9. The van der Waals surface area contributed by atoms with Crippen molar-refractivity contribution in [2.45, 2.75) is 22.5 Å². The number of hydrogen-bond acceptors (Lipinski definition) is 10. The second-order valence-corrected chi connectivity index (χ2v) is 10.7. The van der Waals surface area contributed by atoms with Crippen molar-refractivity contribution in [3.05, 3.63) is 57.2 Å². The number of carbonyl (C=O) groups is 4. The number of carbonyl (C=O) groups excluding carboxylic acids is 3. The van der Waals surface area contributed by atoms with Gasteiger partial charge in [0.15, 0.2) is 0 Å². The number of carboxylic acids is 1. The lowest BCUT2D eigenvalue weighted by Gasteiger charge is -2.49. The molecule has 0 saturated carbocycles. The summed E-state index contributed by atoms with van der Waals surface area (Å²) in [6, 6.07) is 5.42. The molecule has 16 heteroatoms. The summed E-state index contributed by atoms with van der Waals surface area (Å²) in [6.07, 6.45) is 1.34. The summed E-state index contributed by atoms with van der Waals surface area (Å²) in [7, 11) is 0. The summed E-state index contributed by atoms with van der Waals surface area (Å²) in [4.78, 5) is 52.3. The van der Waals surface area contributed by atoms with Crippen LogP contribution in [0.15, 0.2) is 52.1 Å². The molecule has 2 aromatic rings. The fourth-order valence-corrected chi connectivity index (χ4v) is 6.81. The number of aromatic nitrogens is 2. The van der Waals surface area contributed by atoms with E-state index < -0.39 is 41.3 Å². The van der Waals surface area contributed by atoms with Crippen LogP contribution < -0.4 is 20.8 Å². The molecule has 2 aliphatic rings. The van der Waals surface area contributed by atoms with Crippen LogP contribution in [-0.4, -0.2) is 68.4 Å². The van der Waals surface area contributed by atoms with Crippen molar-refractivity contribution in [2.24, 2.45) is 0 Å². The van der Waals surface area contributed by atoms with Gasteiger partial charge in [-0.15, -0.1) is 23.1 Å². The van der Waals surface area contributed by atoms with Crippen molar-refractivity contribution in [1.82, 2.24) is 25.9 Å². The standard InChI is InChI=1S/C21H19N7O6S3/c22-5-7-23-21(33)26-14(12-3-2-8-35-12)17(29)25-15-18(30)27-16(20(31)32)11(10-37-19(15)27)9-36-13-4-1-6-24-28(13)34/h1-4,6,8,14-15,19H,7,9-10H2,(H,25,29)(H,31,32)(H2,23,26,33)/t14?,15-,19?/m0/s1. The molecular weight excluding hydrogens is 542 g/mol.